The number of carbonyl (C=O) groups is 1. The van der Waals surface area contributed by atoms with Gasteiger partial charge in [0.25, 0.3) is 0 Å². The summed E-state index contributed by atoms with van der Waals surface area (Å²) in [4.78, 5) is 12.6. The average Bonchev–Trinajstić information content (AvgIpc) is 2.86. The second kappa shape index (κ2) is 5.74. The monoisotopic (exact) mass is 335 g/mol. The molecule has 2 aliphatic rings. The number of thiocarbonyl (C=S) groups is 1. The zero-order chi connectivity index (χ0) is 16.7. The van der Waals surface area contributed by atoms with Gasteiger partial charge < -0.3 is 15.2 Å². The minimum absolute atomic E-state index is 0.199. The summed E-state index contributed by atoms with van der Waals surface area (Å²) in [6.45, 7) is 1.78. The van der Waals surface area contributed by atoms with Gasteiger partial charge >= 0.3 is 5.97 Å². The van der Waals surface area contributed by atoms with Crippen molar-refractivity contribution in [1.82, 2.24) is 16.2 Å². The maximum atomic E-state index is 12.6. The highest BCUT2D eigenvalue weighted by Gasteiger charge is 2.58. The van der Waals surface area contributed by atoms with Gasteiger partial charge in [-0.3, -0.25) is 10.2 Å². The van der Waals surface area contributed by atoms with Crippen LogP contribution in [0.2, 0.25) is 0 Å². The van der Waals surface area contributed by atoms with Crippen LogP contribution in [0.15, 0.2) is 30.3 Å². The Bertz CT molecular complexity index is 622. The Kier molecular flexibility index (Phi) is 4.03. The van der Waals surface area contributed by atoms with Crippen molar-refractivity contribution in [1.29, 1.82) is 0 Å². The minimum atomic E-state index is -0.952. The predicted molar refractivity (Wildman–Crippen MR) is 89.3 cm³/mol. The molecule has 0 radical (unpaired) electrons. The Labute approximate surface area is 140 Å². The van der Waals surface area contributed by atoms with Crippen LogP contribution in [0.25, 0.3) is 0 Å². The van der Waals surface area contributed by atoms with E-state index in [0.29, 0.717) is 18.0 Å². The molecule has 1 aromatic rings. The van der Waals surface area contributed by atoms with E-state index in [-0.39, 0.29) is 11.9 Å². The first-order valence-corrected chi connectivity index (χ1v) is 7.98. The molecule has 1 saturated heterocycles. The summed E-state index contributed by atoms with van der Waals surface area (Å²) in [5.41, 5.74) is 5.08. The van der Waals surface area contributed by atoms with Crippen LogP contribution >= 0.6 is 12.2 Å². The molecule has 1 aromatic carbocycles. The fourth-order valence-electron chi connectivity index (χ4n) is 3.90. The van der Waals surface area contributed by atoms with Gasteiger partial charge in [-0.05, 0) is 31.1 Å². The number of ether oxygens (including phenoxy) is 1. The number of hydrogen-bond donors (Lipinski definition) is 4. The van der Waals surface area contributed by atoms with E-state index >= 15 is 0 Å². The zero-order valence-corrected chi connectivity index (χ0v) is 13.9. The minimum Gasteiger partial charge on any atom is -0.469 e. The Morgan fingerprint density at radius 1 is 1.39 bits per heavy atom. The molecule has 1 aliphatic heterocycles. The molecule has 6 nitrogen and oxygen atoms in total. The molecule has 1 heterocycles. The summed E-state index contributed by atoms with van der Waals surface area (Å²) >= 11 is 5.16. The average molecular weight is 335 g/mol. The van der Waals surface area contributed by atoms with Crippen LogP contribution in [0.5, 0.6) is 0 Å². The van der Waals surface area contributed by atoms with E-state index in [0.717, 1.165) is 5.56 Å². The van der Waals surface area contributed by atoms with Gasteiger partial charge in [-0.1, -0.05) is 30.3 Å². The lowest BCUT2D eigenvalue weighted by Crippen LogP contribution is -2.66. The Morgan fingerprint density at radius 2 is 2.09 bits per heavy atom. The summed E-state index contributed by atoms with van der Waals surface area (Å²) < 4.78 is 5.06. The molecule has 1 spiro atoms. The van der Waals surface area contributed by atoms with Gasteiger partial charge in [0.1, 0.15) is 11.6 Å². The van der Waals surface area contributed by atoms with Gasteiger partial charge in [0.05, 0.1) is 12.7 Å². The van der Waals surface area contributed by atoms with Crippen LogP contribution < -0.4 is 16.2 Å². The standard InChI is InChI=1S/C16H21N3O3S/c1-15(21)8-11(10-6-4-3-5-7-10)12(13(20)22-2)16(9-15)17-14(23)18-19-16/h3-7,11-12,19,21H,8-9H2,1-2H3,(H2,17,18,23). The number of esters is 1. The van der Waals surface area contributed by atoms with Gasteiger partial charge in [0.2, 0.25) is 0 Å². The highest BCUT2D eigenvalue weighted by atomic mass is 32.1. The highest BCUT2D eigenvalue weighted by molar-refractivity contribution is 7.80. The number of hydrogen-bond acceptors (Lipinski definition) is 5. The molecule has 4 unspecified atom stereocenters. The Hall–Kier alpha value is -1.70. The van der Waals surface area contributed by atoms with E-state index in [1.54, 1.807) is 6.92 Å². The topological polar surface area (TPSA) is 82.6 Å². The molecule has 1 saturated carbocycles. The van der Waals surface area contributed by atoms with Crippen LogP contribution in [0, 0.1) is 5.92 Å². The van der Waals surface area contributed by atoms with E-state index in [9.17, 15) is 9.90 Å². The van der Waals surface area contributed by atoms with Crippen LogP contribution in [-0.4, -0.2) is 34.6 Å². The molecular weight excluding hydrogens is 314 g/mol. The van der Waals surface area contributed by atoms with Gasteiger partial charge in [0.15, 0.2) is 5.11 Å². The largest absolute Gasteiger partial charge is 0.469 e. The number of carbonyl (C=O) groups excluding carboxylic acids is 1. The van der Waals surface area contributed by atoms with Crippen molar-refractivity contribution in [2.24, 2.45) is 5.92 Å². The fourth-order valence-corrected chi connectivity index (χ4v) is 4.13. The third kappa shape index (κ3) is 2.91. The fraction of sp³-hybridized carbons (Fsp3) is 0.500. The molecule has 0 aromatic heterocycles. The number of aliphatic hydroxyl groups is 1. The summed E-state index contributed by atoms with van der Waals surface area (Å²) in [6, 6.07) is 9.72. The number of benzene rings is 1. The molecule has 124 valence electrons. The lowest BCUT2D eigenvalue weighted by molar-refractivity contribution is -0.156. The highest BCUT2D eigenvalue weighted by Crippen LogP contribution is 2.47. The third-order valence-electron chi connectivity index (χ3n) is 4.67. The molecule has 7 heteroatoms. The van der Waals surface area contributed by atoms with E-state index in [1.165, 1.54) is 7.11 Å². The molecule has 4 N–H and O–H groups in total. The summed E-state index contributed by atoms with van der Waals surface area (Å²) in [6.07, 6.45) is 0.797. The lowest BCUT2D eigenvalue weighted by atomic mass is 9.64. The molecule has 2 fully saturated rings. The van der Waals surface area contributed by atoms with Crippen molar-refractivity contribution in [3.05, 3.63) is 35.9 Å². The second-order valence-corrected chi connectivity index (χ2v) is 6.98. The van der Waals surface area contributed by atoms with Gasteiger partial charge in [-0.15, -0.1) is 0 Å². The Balaban J connectivity index is 2.08. The maximum Gasteiger partial charge on any atom is 0.313 e. The van der Waals surface area contributed by atoms with Crippen molar-refractivity contribution in [3.8, 4) is 0 Å². The molecular formula is C16H21N3O3S. The van der Waals surface area contributed by atoms with Crippen LogP contribution in [0.1, 0.15) is 31.2 Å². The molecule has 23 heavy (non-hydrogen) atoms. The van der Waals surface area contributed by atoms with Crippen molar-refractivity contribution in [2.45, 2.75) is 36.9 Å². The number of nitrogens with one attached hydrogen (secondary N) is 3. The molecule has 4 atom stereocenters. The second-order valence-electron chi connectivity index (χ2n) is 6.57. The predicted octanol–water partition coefficient (Wildman–Crippen LogP) is 0.783. The molecule has 1 aliphatic carbocycles. The van der Waals surface area contributed by atoms with Crippen LogP contribution in [0.3, 0.4) is 0 Å². The van der Waals surface area contributed by atoms with Crippen molar-refractivity contribution in [3.63, 3.8) is 0 Å². The van der Waals surface area contributed by atoms with E-state index < -0.39 is 17.2 Å². The first kappa shape index (κ1) is 16.2. The van der Waals surface area contributed by atoms with E-state index in [4.69, 9.17) is 17.0 Å². The molecule has 0 amide bonds. The third-order valence-corrected chi connectivity index (χ3v) is 4.88. The van der Waals surface area contributed by atoms with Crippen LogP contribution in [0.4, 0.5) is 0 Å². The first-order chi connectivity index (χ1) is 10.9. The maximum absolute atomic E-state index is 12.6. The van der Waals surface area contributed by atoms with Gasteiger partial charge in [-0.25, -0.2) is 5.43 Å². The van der Waals surface area contributed by atoms with Gasteiger partial charge in [0, 0.05) is 12.3 Å². The smallest absolute Gasteiger partial charge is 0.313 e. The zero-order valence-electron chi connectivity index (χ0n) is 13.1. The summed E-state index contributed by atoms with van der Waals surface area (Å²) in [5, 5.41) is 14.3. The SMILES string of the molecule is COC(=O)C1C(c2ccccc2)CC(C)(O)CC12NNC(=S)N2. The molecule has 3 rings (SSSR count). The Morgan fingerprint density at radius 3 is 2.65 bits per heavy atom. The van der Waals surface area contributed by atoms with E-state index in [2.05, 4.69) is 16.2 Å². The number of hydrazine groups is 1. The van der Waals surface area contributed by atoms with Crippen molar-refractivity contribution in [2.75, 3.05) is 7.11 Å². The van der Waals surface area contributed by atoms with Crippen LogP contribution in [-0.2, 0) is 9.53 Å². The quantitative estimate of drug-likeness (QED) is 0.470. The summed E-state index contributed by atoms with van der Waals surface area (Å²) in [7, 11) is 1.38. The molecule has 0 bridgehead atoms. The summed E-state index contributed by atoms with van der Waals surface area (Å²) in [5.74, 6) is -1.06. The van der Waals surface area contributed by atoms with Gasteiger partial charge in [-0.2, -0.15) is 0 Å². The van der Waals surface area contributed by atoms with E-state index in [1.807, 2.05) is 30.3 Å². The number of rotatable bonds is 2. The first-order valence-electron chi connectivity index (χ1n) is 7.57. The van der Waals surface area contributed by atoms with Crippen molar-refractivity contribution >= 4 is 23.3 Å². The van der Waals surface area contributed by atoms with Crippen molar-refractivity contribution < 1.29 is 14.6 Å². The number of methoxy groups -OCH3 is 1. The lowest BCUT2D eigenvalue weighted by Gasteiger charge is -2.49. The normalized spacial score (nSPS) is 36.4.